The predicted octanol–water partition coefficient (Wildman–Crippen LogP) is 2.67. The van der Waals surface area contributed by atoms with E-state index in [4.69, 9.17) is 0 Å². The molecular formula is C20H31N3O3. The first-order valence-electron chi connectivity index (χ1n) is 10.5. The van der Waals surface area contributed by atoms with Gasteiger partial charge in [0.2, 0.25) is 5.91 Å². The number of imide groups is 1. The third-order valence-electron chi connectivity index (χ3n) is 7.36. The molecule has 4 aliphatic rings. The van der Waals surface area contributed by atoms with E-state index in [1.165, 1.54) is 30.6 Å². The third kappa shape index (κ3) is 2.81. The molecule has 4 atom stereocenters. The summed E-state index contributed by atoms with van der Waals surface area (Å²) < 4.78 is 0. The SMILES string of the molecule is C[C@@H]1CCCC[C@@]12NC(=O)N(CC(=O)N1CCC[C@H]3CCCC[C@@H]31)C2=O. The summed E-state index contributed by atoms with van der Waals surface area (Å²) in [5.74, 6) is 0.505. The summed E-state index contributed by atoms with van der Waals surface area (Å²) >= 11 is 0. The van der Waals surface area contributed by atoms with Crippen LogP contribution >= 0.6 is 0 Å². The smallest absolute Gasteiger partial charge is 0.325 e. The van der Waals surface area contributed by atoms with Gasteiger partial charge in [-0.3, -0.25) is 14.5 Å². The van der Waals surface area contributed by atoms with E-state index in [2.05, 4.69) is 5.32 Å². The molecule has 2 heterocycles. The van der Waals surface area contributed by atoms with Gasteiger partial charge in [0.05, 0.1) is 0 Å². The molecule has 1 N–H and O–H groups in total. The maximum absolute atomic E-state index is 13.1. The van der Waals surface area contributed by atoms with Crippen molar-refractivity contribution in [1.82, 2.24) is 15.1 Å². The average molecular weight is 361 g/mol. The lowest BCUT2D eigenvalue weighted by atomic mass is 9.73. The van der Waals surface area contributed by atoms with Crippen molar-refractivity contribution in [3.8, 4) is 0 Å². The van der Waals surface area contributed by atoms with Crippen molar-refractivity contribution in [2.75, 3.05) is 13.1 Å². The summed E-state index contributed by atoms with van der Waals surface area (Å²) in [6.07, 6.45) is 10.6. The van der Waals surface area contributed by atoms with E-state index < -0.39 is 5.54 Å². The molecule has 2 aliphatic heterocycles. The molecule has 4 fully saturated rings. The van der Waals surface area contributed by atoms with E-state index >= 15 is 0 Å². The van der Waals surface area contributed by atoms with Crippen LogP contribution < -0.4 is 5.32 Å². The molecule has 6 nitrogen and oxygen atoms in total. The Kier molecular flexibility index (Phi) is 4.70. The maximum atomic E-state index is 13.1. The van der Waals surface area contributed by atoms with Gasteiger partial charge in [-0.05, 0) is 50.4 Å². The lowest BCUT2D eigenvalue weighted by molar-refractivity contribution is -0.144. The first-order valence-corrected chi connectivity index (χ1v) is 10.5. The fourth-order valence-corrected chi connectivity index (χ4v) is 5.80. The Morgan fingerprint density at radius 3 is 2.62 bits per heavy atom. The molecule has 4 rings (SSSR count). The molecule has 26 heavy (non-hydrogen) atoms. The number of hydrogen-bond acceptors (Lipinski definition) is 3. The minimum absolute atomic E-state index is 0.0504. The van der Waals surface area contributed by atoms with Crippen molar-refractivity contribution < 1.29 is 14.4 Å². The van der Waals surface area contributed by atoms with Crippen LogP contribution in [0.25, 0.3) is 0 Å². The Morgan fingerprint density at radius 2 is 1.81 bits per heavy atom. The zero-order valence-corrected chi connectivity index (χ0v) is 15.8. The van der Waals surface area contributed by atoms with E-state index in [9.17, 15) is 14.4 Å². The number of piperidine rings is 1. The number of nitrogens with zero attached hydrogens (tertiary/aromatic N) is 2. The van der Waals surface area contributed by atoms with E-state index in [0.29, 0.717) is 18.4 Å². The molecule has 144 valence electrons. The second-order valence-corrected chi connectivity index (χ2v) is 8.78. The number of carbonyl (C=O) groups is 3. The number of rotatable bonds is 2. The van der Waals surface area contributed by atoms with E-state index in [1.807, 2.05) is 11.8 Å². The number of urea groups is 1. The fraction of sp³-hybridized carbons (Fsp3) is 0.850. The Hall–Kier alpha value is -1.59. The van der Waals surface area contributed by atoms with Crippen molar-refractivity contribution >= 4 is 17.8 Å². The summed E-state index contributed by atoms with van der Waals surface area (Å²) in [5, 5.41) is 2.95. The molecule has 2 aliphatic carbocycles. The molecule has 0 aromatic rings. The molecule has 0 unspecified atom stereocenters. The van der Waals surface area contributed by atoms with Crippen LogP contribution in [0, 0.1) is 11.8 Å². The van der Waals surface area contributed by atoms with Gasteiger partial charge in [-0.1, -0.05) is 32.6 Å². The highest BCUT2D eigenvalue weighted by Gasteiger charge is 2.55. The highest BCUT2D eigenvalue weighted by atomic mass is 16.2. The average Bonchev–Trinajstić information content (AvgIpc) is 2.88. The first-order chi connectivity index (χ1) is 12.5. The van der Waals surface area contributed by atoms with Gasteiger partial charge < -0.3 is 10.2 Å². The highest BCUT2D eigenvalue weighted by molar-refractivity contribution is 6.09. The lowest BCUT2D eigenvalue weighted by Gasteiger charge is -2.44. The molecule has 2 saturated heterocycles. The van der Waals surface area contributed by atoms with Gasteiger partial charge in [0.1, 0.15) is 12.1 Å². The molecule has 6 heteroatoms. The summed E-state index contributed by atoms with van der Waals surface area (Å²) in [5.41, 5.74) is -0.773. The third-order valence-corrected chi connectivity index (χ3v) is 7.36. The largest absolute Gasteiger partial charge is 0.338 e. The topological polar surface area (TPSA) is 69.7 Å². The minimum atomic E-state index is -0.773. The van der Waals surface area contributed by atoms with Gasteiger partial charge in [0.15, 0.2) is 0 Å². The normalized spacial score (nSPS) is 37.7. The number of likely N-dealkylation sites (tertiary alicyclic amines) is 1. The Balaban J connectivity index is 1.47. The van der Waals surface area contributed by atoms with Gasteiger partial charge in [0.25, 0.3) is 5.91 Å². The van der Waals surface area contributed by atoms with Crippen LogP contribution in [-0.4, -0.2) is 52.3 Å². The maximum Gasteiger partial charge on any atom is 0.325 e. The van der Waals surface area contributed by atoms with Gasteiger partial charge in [0, 0.05) is 12.6 Å². The zero-order valence-electron chi connectivity index (χ0n) is 15.8. The zero-order chi connectivity index (χ0) is 18.3. The van der Waals surface area contributed by atoms with Crippen molar-refractivity contribution in [1.29, 1.82) is 0 Å². The number of nitrogens with one attached hydrogen (secondary N) is 1. The minimum Gasteiger partial charge on any atom is -0.338 e. The predicted molar refractivity (Wildman–Crippen MR) is 97.3 cm³/mol. The van der Waals surface area contributed by atoms with E-state index in [1.54, 1.807) is 0 Å². The van der Waals surface area contributed by atoms with Crippen LogP contribution in [0.5, 0.6) is 0 Å². The number of hydrogen-bond donors (Lipinski definition) is 1. The molecular weight excluding hydrogens is 330 g/mol. The fourth-order valence-electron chi connectivity index (χ4n) is 5.80. The van der Waals surface area contributed by atoms with Gasteiger partial charge in [-0.15, -0.1) is 0 Å². The van der Waals surface area contributed by atoms with Gasteiger partial charge in [-0.2, -0.15) is 0 Å². The molecule has 0 radical (unpaired) electrons. The van der Waals surface area contributed by atoms with Crippen molar-refractivity contribution in [2.24, 2.45) is 11.8 Å². The second-order valence-electron chi connectivity index (χ2n) is 8.78. The lowest BCUT2D eigenvalue weighted by Crippen LogP contribution is -2.55. The standard InChI is InChI=1S/C20H31N3O3/c1-14-7-4-5-11-20(14)18(25)23(19(26)21-20)13-17(24)22-12-6-9-15-8-2-3-10-16(15)22/h14-16H,2-13H2,1H3,(H,21,26)/t14-,15-,16+,20-/m1/s1. The molecule has 0 bridgehead atoms. The van der Waals surface area contributed by atoms with Crippen molar-refractivity contribution in [3.63, 3.8) is 0 Å². The monoisotopic (exact) mass is 361 g/mol. The van der Waals surface area contributed by atoms with Crippen LogP contribution in [-0.2, 0) is 9.59 Å². The number of carbonyl (C=O) groups excluding carboxylic acids is 3. The first kappa shape index (κ1) is 17.8. The summed E-state index contributed by atoms with van der Waals surface area (Å²) in [6, 6.07) is -0.0670. The molecule has 2 saturated carbocycles. The Labute approximate surface area is 155 Å². The Bertz CT molecular complexity index is 605. The second kappa shape index (κ2) is 6.86. The molecule has 0 aromatic heterocycles. The summed E-state index contributed by atoms with van der Waals surface area (Å²) in [4.78, 5) is 41.8. The highest BCUT2D eigenvalue weighted by Crippen LogP contribution is 2.39. The van der Waals surface area contributed by atoms with Gasteiger partial charge >= 0.3 is 6.03 Å². The quantitative estimate of drug-likeness (QED) is 0.769. The van der Waals surface area contributed by atoms with Crippen LogP contribution in [0.4, 0.5) is 4.79 Å². The van der Waals surface area contributed by atoms with E-state index in [-0.39, 0.29) is 30.3 Å². The number of amides is 4. The van der Waals surface area contributed by atoms with Crippen LogP contribution in [0.15, 0.2) is 0 Å². The van der Waals surface area contributed by atoms with Gasteiger partial charge in [-0.25, -0.2) is 4.79 Å². The van der Waals surface area contributed by atoms with Crippen LogP contribution in [0.2, 0.25) is 0 Å². The summed E-state index contributed by atoms with van der Waals surface area (Å²) in [6.45, 7) is 2.72. The Morgan fingerprint density at radius 1 is 1.08 bits per heavy atom. The van der Waals surface area contributed by atoms with Crippen molar-refractivity contribution in [2.45, 2.75) is 82.7 Å². The number of fused-ring (bicyclic) bond motifs is 1. The molecule has 1 spiro atoms. The van der Waals surface area contributed by atoms with Crippen molar-refractivity contribution in [3.05, 3.63) is 0 Å². The molecule has 0 aromatic carbocycles. The van der Waals surface area contributed by atoms with E-state index in [0.717, 1.165) is 38.6 Å². The van der Waals surface area contributed by atoms with Crippen LogP contribution in [0.3, 0.4) is 0 Å². The van der Waals surface area contributed by atoms with Crippen LogP contribution in [0.1, 0.15) is 71.1 Å². The molecule has 4 amide bonds. The summed E-state index contributed by atoms with van der Waals surface area (Å²) in [7, 11) is 0.